The van der Waals surface area contributed by atoms with E-state index in [4.69, 9.17) is 9.47 Å². The lowest BCUT2D eigenvalue weighted by molar-refractivity contribution is -0.385. The number of hydrogen-bond donors (Lipinski definition) is 1. The molecule has 0 aliphatic heterocycles. The number of anilines is 1. The summed E-state index contributed by atoms with van der Waals surface area (Å²) in [4.78, 5) is 21.5. The molecule has 7 nitrogen and oxygen atoms in total. The molecule has 0 saturated carbocycles. The average molecular weight is 334 g/mol. The maximum absolute atomic E-state index is 13.9. The Labute approximate surface area is 137 Å². The molecule has 0 radical (unpaired) electrons. The van der Waals surface area contributed by atoms with Crippen LogP contribution in [-0.4, -0.2) is 17.9 Å². The molecule has 0 heterocycles. The van der Waals surface area contributed by atoms with Gasteiger partial charge in [-0.3, -0.25) is 14.9 Å². The molecule has 1 aromatic carbocycles. The number of hydrogen-bond acceptors (Lipinski definition) is 5. The molecule has 8 heteroatoms. The second kappa shape index (κ2) is 7.40. The molecule has 0 bridgehead atoms. The van der Waals surface area contributed by atoms with Crippen molar-refractivity contribution in [3.8, 4) is 5.75 Å². The van der Waals surface area contributed by atoms with Gasteiger partial charge in [-0.15, -0.1) is 0 Å². The molecule has 1 aliphatic rings. The van der Waals surface area contributed by atoms with Crippen molar-refractivity contribution >= 4 is 17.3 Å². The van der Waals surface area contributed by atoms with Gasteiger partial charge in [0.2, 0.25) is 11.7 Å². The number of nitrogens with zero attached hydrogens (tertiary/aromatic N) is 1. The number of halogens is 1. The Balaban J connectivity index is 2.50. The number of allylic oxidation sites excluding steroid dienone is 4. The quantitative estimate of drug-likeness (QED) is 0.658. The third kappa shape index (κ3) is 3.97. The maximum Gasteiger partial charge on any atom is 0.314 e. The second-order valence-corrected chi connectivity index (χ2v) is 4.81. The molecule has 1 aliphatic carbocycles. The Hall–Kier alpha value is -3.16. The molecule has 0 spiro atoms. The topological polar surface area (TPSA) is 90.7 Å². The van der Waals surface area contributed by atoms with Crippen molar-refractivity contribution < 1.29 is 23.6 Å². The van der Waals surface area contributed by atoms with Gasteiger partial charge < -0.3 is 14.8 Å². The van der Waals surface area contributed by atoms with Crippen LogP contribution in [0.5, 0.6) is 5.75 Å². The molecule has 1 amide bonds. The molecular formula is C16H15FN2O5. The van der Waals surface area contributed by atoms with Gasteiger partial charge in [0.05, 0.1) is 23.8 Å². The average Bonchev–Trinajstić information content (AvgIpc) is 2.74. The van der Waals surface area contributed by atoms with Crippen LogP contribution in [0.3, 0.4) is 0 Å². The van der Waals surface area contributed by atoms with Crippen molar-refractivity contribution in [2.45, 2.75) is 13.3 Å². The number of benzene rings is 1. The van der Waals surface area contributed by atoms with Crippen LogP contribution in [0.1, 0.15) is 13.3 Å². The number of carbonyl (C=O) groups excluding carboxylic acids is 1. The monoisotopic (exact) mass is 334 g/mol. The van der Waals surface area contributed by atoms with E-state index in [0.29, 0.717) is 18.2 Å². The van der Waals surface area contributed by atoms with Crippen molar-refractivity contribution in [2.24, 2.45) is 0 Å². The number of amides is 1. The summed E-state index contributed by atoms with van der Waals surface area (Å²) in [7, 11) is 1.43. The maximum atomic E-state index is 13.9. The second-order valence-electron chi connectivity index (χ2n) is 4.81. The first kappa shape index (κ1) is 17.2. The summed E-state index contributed by atoms with van der Waals surface area (Å²) in [6.45, 7) is 1.20. The molecule has 1 N–H and O–H groups in total. The lowest BCUT2D eigenvalue weighted by Crippen LogP contribution is -2.09. The van der Waals surface area contributed by atoms with Crippen LogP contribution in [0.2, 0.25) is 0 Å². The largest absolute Gasteiger partial charge is 0.493 e. The molecule has 1 aromatic rings. The number of nitro groups is 1. The van der Waals surface area contributed by atoms with Crippen LogP contribution in [0.15, 0.2) is 48.0 Å². The summed E-state index contributed by atoms with van der Waals surface area (Å²) in [5, 5.41) is 13.4. The highest BCUT2D eigenvalue weighted by Crippen LogP contribution is 2.34. The first-order valence-electron chi connectivity index (χ1n) is 6.97. The van der Waals surface area contributed by atoms with Gasteiger partial charge in [0, 0.05) is 13.0 Å². The zero-order chi connectivity index (χ0) is 17.7. The van der Waals surface area contributed by atoms with E-state index < -0.39 is 22.3 Å². The van der Waals surface area contributed by atoms with E-state index >= 15 is 0 Å². The fourth-order valence-electron chi connectivity index (χ4n) is 2.02. The first-order chi connectivity index (χ1) is 11.4. The number of methoxy groups -OCH3 is 1. The van der Waals surface area contributed by atoms with Gasteiger partial charge in [0.1, 0.15) is 0 Å². The van der Waals surface area contributed by atoms with E-state index in [1.807, 2.05) is 6.08 Å². The zero-order valence-corrected chi connectivity index (χ0v) is 13.0. The van der Waals surface area contributed by atoms with Crippen molar-refractivity contribution in [3.05, 3.63) is 63.9 Å². The highest BCUT2D eigenvalue weighted by atomic mass is 19.1. The number of nitrogens with one attached hydrogen (secondary N) is 1. The lowest BCUT2D eigenvalue weighted by Gasteiger charge is -2.12. The summed E-state index contributed by atoms with van der Waals surface area (Å²) in [5.41, 5.74) is -0.776. The van der Waals surface area contributed by atoms with Gasteiger partial charge in [-0.05, 0) is 18.6 Å². The molecule has 24 heavy (non-hydrogen) atoms. The van der Waals surface area contributed by atoms with Crippen molar-refractivity contribution in [3.63, 3.8) is 0 Å². The SMILES string of the molecule is COC1=C(Oc2cc(NC(C)=O)c(F)cc2[N+](=O)[O-])C=CCC=C1. The molecule has 2 rings (SSSR count). The smallest absolute Gasteiger partial charge is 0.314 e. The third-order valence-corrected chi connectivity index (χ3v) is 3.05. The molecule has 0 atom stereocenters. The minimum atomic E-state index is -0.929. The van der Waals surface area contributed by atoms with Crippen LogP contribution >= 0.6 is 0 Å². The highest BCUT2D eigenvalue weighted by Gasteiger charge is 2.22. The van der Waals surface area contributed by atoms with Crippen molar-refractivity contribution in [1.29, 1.82) is 0 Å². The summed E-state index contributed by atoms with van der Waals surface area (Å²) < 4.78 is 24.6. The first-order valence-corrected chi connectivity index (χ1v) is 6.97. The van der Waals surface area contributed by atoms with Crippen molar-refractivity contribution in [2.75, 3.05) is 12.4 Å². The standard InChI is InChI=1S/C16H15FN2O5/c1-10(20)18-12-9-16(13(19(21)22)8-11(12)17)24-15-7-5-3-4-6-14(15)23-2/h4-9H,3H2,1-2H3,(H,18,20). The van der Waals surface area contributed by atoms with E-state index in [-0.39, 0.29) is 17.2 Å². The molecule has 0 fully saturated rings. The van der Waals surface area contributed by atoms with Gasteiger partial charge in [0.25, 0.3) is 0 Å². The molecule has 126 valence electrons. The van der Waals surface area contributed by atoms with Gasteiger partial charge >= 0.3 is 5.69 Å². The van der Waals surface area contributed by atoms with E-state index in [1.54, 1.807) is 18.2 Å². The predicted octanol–water partition coefficient (Wildman–Crippen LogP) is 3.45. The van der Waals surface area contributed by atoms with Crippen LogP contribution in [0, 0.1) is 15.9 Å². The van der Waals surface area contributed by atoms with E-state index in [2.05, 4.69) is 5.32 Å². The molecule has 0 unspecified atom stereocenters. The van der Waals surface area contributed by atoms with Gasteiger partial charge in [-0.1, -0.05) is 12.2 Å². The lowest BCUT2D eigenvalue weighted by atomic mass is 10.2. The Morgan fingerprint density at radius 3 is 2.54 bits per heavy atom. The molecule has 0 saturated heterocycles. The Morgan fingerprint density at radius 2 is 1.96 bits per heavy atom. The van der Waals surface area contributed by atoms with Gasteiger partial charge in [0.15, 0.2) is 17.3 Å². The Bertz CT molecular complexity index is 768. The highest BCUT2D eigenvalue weighted by molar-refractivity contribution is 5.89. The third-order valence-electron chi connectivity index (χ3n) is 3.05. The Morgan fingerprint density at radius 1 is 1.29 bits per heavy atom. The van der Waals surface area contributed by atoms with Crippen LogP contribution < -0.4 is 10.1 Å². The number of carbonyl (C=O) groups is 1. The van der Waals surface area contributed by atoms with E-state index in [9.17, 15) is 19.3 Å². The van der Waals surface area contributed by atoms with Crippen LogP contribution in [0.25, 0.3) is 0 Å². The zero-order valence-electron chi connectivity index (χ0n) is 13.0. The van der Waals surface area contributed by atoms with Crippen LogP contribution in [0.4, 0.5) is 15.8 Å². The predicted molar refractivity (Wildman–Crippen MR) is 84.9 cm³/mol. The normalized spacial score (nSPS) is 13.5. The van der Waals surface area contributed by atoms with Crippen molar-refractivity contribution in [1.82, 2.24) is 0 Å². The Kier molecular flexibility index (Phi) is 5.31. The summed E-state index contributed by atoms with van der Waals surface area (Å²) in [6, 6.07) is 1.77. The number of nitro benzene ring substituents is 1. The fraction of sp³-hybridized carbons (Fsp3) is 0.188. The van der Waals surface area contributed by atoms with Gasteiger partial charge in [-0.2, -0.15) is 0 Å². The van der Waals surface area contributed by atoms with Crippen LogP contribution in [-0.2, 0) is 9.53 Å². The summed E-state index contributed by atoms with van der Waals surface area (Å²) in [6.07, 6.45) is 7.52. The minimum Gasteiger partial charge on any atom is -0.493 e. The molecular weight excluding hydrogens is 319 g/mol. The minimum absolute atomic E-state index is 0.212. The number of ether oxygens (including phenoxy) is 2. The van der Waals surface area contributed by atoms with Gasteiger partial charge in [-0.25, -0.2) is 4.39 Å². The van der Waals surface area contributed by atoms with E-state index in [0.717, 1.165) is 6.07 Å². The summed E-state index contributed by atoms with van der Waals surface area (Å²) >= 11 is 0. The number of rotatable bonds is 5. The van der Waals surface area contributed by atoms with E-state index in [1.165, 1.54) is 14.0 Å². The molecule has 0 aromatic heterocycles. The fourth-order valence-corrected chi connectivity index (χ4v) is 2.02. The summed E-state index contributed by atoms with van der Waals surface area (Å²) in [5.74, 6) is -1.06.